The number of carbonyl (C=O) groups is 3. The third-order valence-corrected chi connectivity index (χ3v) is 6.82. The van der Waals surface area contributed by atoms with Crippen LogP contribution in [0.5, 0.6) is 0 Å². The number of hydrogen-bond acceptors (Lipinski definition) is 6. The monoisotopic (exact) mass is 447 g/mol. The fourth-order valence-corrected chi connectivity index (χ4v) is 5.12. The van der Waals surface area contributed by atoms with Crippen LogP contribution in [-0.4, -0.2) is 57.7 Å². The van der Waals surface area contributed by atoms with E-state index in [2.05, 4.69) is 32.7 Å². The Hall–Kier alpha value is -3.10. The van der Waals surface area contributed by atoms with Crippen molar-refractivity contribution in [2.75, 3.05) is 13.1 Å². The first-order chi connectivity index (χ1) is 16.1. The van der Waals surface area contributed by atoms with Crippen LogP contribution in [0.3, 0.4) is 0 Å². The van der Waals surface area contributed by atoms with Crippen LogP contribution in [0.25, 0.3) is 0 Å². The number of carbonyl (C=O) groups excluding carboxylic acids is 3. The van der Waals surface area contributed by atoms with Gasteiger partial charge in [0.15, 0.2) is 0 Å². The van der Waals surface area contributed by atoms with Gasteiger partial charge in [0, 0.05) is 56.6 Å². The Labute approximate surface area is 193 Å². The summed E-state index contributed by atoms with van der Waals surface area (Å²) in [6.45, 7) is 4.18. The predicted molar refractivity (Wildman–Crippen MR) is 122 cm³/mol. The molecule has 8 nitrogen and oxygen atoms in total. The van der Waals surface area contributed by atoms with Gasteiger partial charge in [0.1, 0.15) is 6.04 Å². The number of piperidine rings is 2. The van der Waals surface area contributed by atoms with Gasteiger partial charge < -0.3 is 10.2 Å². The SMILES string of the molecule is O=C1CCC(N2Cc3cc(CNC4CCCN(Cc5cccnc5)C4)ccc3C2=O)C(=O)N1. The van der Waals surface area contributed by atoms with Crippen molar-refractivity contribution in [1.29, 1.82) is 0 Å². The van der Waals surface area contributed by atoms with Crippen molar-refractivity contribution in [3.05, 3.63) is 65.0 Å². The van der Waals surface area contributed by atoms with Gasteiger partial charge in [0.25, 0.3) is 5.91 Å². The number of amides is 3. The number of nitrogens with one attached hydrogen (secondary N) is 2. The van der Waals surface area contributed by atoms with E-state index in [-0.39, 0.29) is 24.1 Å². The topological polar surface area (TPSA) is 94.6 Å². The van der Waals surface area contributed by atoms with Gasteiger partial charge in [0.05, 0.1) is 0 Å². The van der Waals surface area contributed by atoms with Gasteiger partial charge in [-0.2, -0.15) is 0 Å². The molecule has 0 aliphatic carbocycles. The van der Waals surface area contributed by atoms with Crippen LogP contribution in [0.4, 0.5) is 0 Å². The van der Waals surface area contributed by atoms with Crippen molar-refractivity contribution in [3.8, 4) is 0 Å². The molecule has 2 aromatic rings. The predicted octanol–water partition coefficient (Wildman–Crippen LogP) is 1.60. The lowest BCUT2D eigenvalue weighted by atomic mass is 10.0. The molecular weight excluding hydrogens is 418 g/mol. The lowest BCUT2D eigenvalue weighted by Crippen LogP contribution is -2.52. The molecule has 3 amide bonds. The van der Waals surface area contributed by atoms with E-state index in [4.69, 9.17) is 0 Å². The summed E-state index contributed by atoms with van der Waals surface area (Å²) in [5, 5.41) is 6.04. The summed E-state index contributed by atoms with van der Waals surface area (Å²) in [5.74, 6) is -0.768. The number of aromatic nitrogens is 1. The van der Waals surface area contributed by atoms with E-state index in [1.807, 2.05) is 24.4 Å². The standard InChI is InChI=1S/C25H29N5O3/c31-23-8-7-22(24(32)28-23)30-15-19-11-17(5-6-21(19)25(30)33)13-27-20-4-2-10-29(16-20)14-18-3-1-9-26-12-18/h1,3,5-6,9,11-12,20,22,27H,2,4,7-8,10,13-16H2,(H,28,31,32). The molecule has 0 saturated carbocycles. The highest BCUT2D eigenvalue weighted by Crippen LogP contribution is 2.28. The van der Waals surface area contributed by atoms with E-state index in [0.29, 0.717) is 24.6 Å². The zero-order chi connectivity index (χ0) is 22.8. The Morgan fingerprint density at radius 1 is 1.12 bits per heavy atom. The van der Waals surface area contributed by atoms with Crippen molar-refractivity contribution in [2.24, 2.45) is 0 Å². The maximum atomic E-state index is 12.9. The van der Waals surface area contributed by atoms with Crippen LogP contribution < -0.4 is 10.6 Å². The van der Waals surface area contributed by atoms with Gasteiger partial charge in [-0.3, -0.25) is 29.6 Å². The fourth-order valence-electron chi connectivity index (χ4n) is 5.12. The number of fused-ring (bicyclic) bond motifs is 1. The molecule has 5 rings (SSSR count). The number of pyridine rings is 1. The number of nitrogens with zero attached hydrogens (tertiary/aromatic N) is 3. The number of likely N-dealkylation sites (tertiary alicyclic amines) is 1. The molecule has 0 radical (unpaired) electrons. The molecule has 2 atom stereocenters. The second-order valence-corrected chi connectivity index (χ2v) is 9.21. The third kappa shape index (κ3) is 4.82. The van der Waals surface area contributed by atoms with E-state index in [1.165, 1.54) is 5.56 Å². The first kappa shape index (κ1) is 21.7. The van der Waals surface area contributed by atoms with Crippen LogP contribution in [-0.2, 0) is 29.2 Å². The van der Waals surface area contributed by atoms with Crippen molar-refractivity contribution in [2.45, 2.75) is 57.4 Å². The highest BCUT2D eigenvalue weighted by atomic mass is 16.2. The molecule has 0 bridgehead atoms. The largest absolute Gasteiger partial charge is 0.322 e. The normalized spacial score (nSPS) is 23.5. The summed E-state index contributed by atoms with van der Waals surface area (Å²) in [6, 6.07) is 9.89. The van der Waals surface area contributed by atoms with E-state index >= 15 is 0 Å². The van der Waals surface area contributed by atoms with Gasteiger partial charge in [-0.25, -0.2) is 0 Å². The van der Waals surface area contributed by atoms with E-state index in [0.717, 1.165) is 50.1 Å². The molecule has 4 heterocycles. The maximum absolute atomic E-state index is 12.9. The lowest BCUT2D eigenvalue weighted by molar-refractivity contribution is -0.136. The molecule has 2 fully saturated rings. The zero-order valence-corrected chi connectivity index (χ0v) is 18.6. The van der Waals surface area contributed by atoms with Crippen LogP contribution in [0.1, 0.15) is 52.7 Å². The fraction of sp³-hybridized carbons (Fsp3) is 0.440. The van der Waals surface area contributed by atoms with Gasteiger partial charge in [-0.15, -0.1) is 0 Å². The average Bonchev–Trinajstić information content (AvgIpc) is 3.14. The first-order valence-corrected chi connectivity index (χ1v) is 11.7. The summed E-state index contributed by atoms with van der Waals surface area (Å²) in [7, 11) is 0. The van der Waals surface area contributed by atoms with Gasteiger partial charge in [0.2, 0.25) is 11.8 Å². The Morgan fingerprint density at radius 2 is 2.03 bits per heavy atom. The highest BCUT2D eigenvalue weighted by molar-refractivity contribution is 6.05. The summed E-state index contributed by atoms with van der Waals surface area (Å²) in [5.41, 5.74) is 3.98. The highest BCUT2D eigenvalue weighted by Gasteiger charge is 2.39. The van der Waals surface area contributed by atoms with Crippen LogP contribution in [0.2, 0.25) is 0 Å². The van der Waals surface area contributed by atoms with E-state index in [1.54, 1.807) is 11.1 Å². The molecule has 172 valence electrons. The number of benzene rings is 1. The minimum atomic E-state index is -0.572. The van der Waals surface area contributed by atoms with Crippen molar-refractivity contribution < 1.29 is 14.4 Å². The van der Waals surface area contributed by atoms with Crippen LogP contribution in [0.15, 0.2) is 42.7 Å². The van der Waals surface area contributed by atoms with Crippen molar-refractivity contribution >= 4 is 17.7 Å². The third-order valence-electron chi connectivity index (χ3n) is 6.82. The number of rotatable bonds is 6. The number of imide groups is 1. The molecule has 33 heavy (non-hydrogen) atoms. The summed E-state index contributed by atoms with van der Waals surface area (Å²) >= 11 is 0. The maximum Gasteiger partial charge on any atom is 0.255 e. The minimum absolute atomic E-state index is 0.127. The van der Waals surface area contributed by atoms with Gasteiger partial charge in [-0.1, -0.05) is 18.2 Å². The quantitative estimate of drug-likeness (QED) is 0.654. The summed E-state index contributed by atoms with van der Waals surface area (Å²) in [6.07, 6.45) is 6.70. The Morgan fingerprint density at radius 3 is 2.85 bits per heavy atom. The molecule has 2 N–H and O–H groups in total. The van der Waals surface area contributed by atoms with Gasteiger partial charge >= 0.3 is 0 Å². The molecule has 2 saturated heterocycles. The molecule has 0 spiro atoms. The van der Waals surface area contributed by atoms with E-state index in [9.17, 15) is 14.4 Å². The number of hydrogen-bond donors (Lipinski definition) is 2. The lowest BCUT2D eigenvalue weighted by Gasteiger charge is -2.33. The van der Waals surface area contributed by atoms with Crippen LogP contribution in [0, 0.1) is 0 Å². The summed E-state index contributed by atoms with van der Waals surface area (Å²) < 4.78 is 0. The smallest absolute Gasteiger partial charge is 0.255 e. The summed E-state index contributed by atoms with van der Waals surface area (Å²) in [4.78, 5) is 44.8. The molecule has 8 heteroatoms. The second kappa shape index (κ2) is 9.41. The molecular formula is C25H29N5O3. The minimum Gasteiger partial charge on any atom is -0.322 e. The Bertz CT molecular complexity index is 1060. The van der Waals surface area contributed by atoms with E-state index < -0.39 is 6.04 Å². The Kier molecular flexibility index (Phi) is 6.20. The first-order valence-electron chi connectivity index (χ1n) is 11.7. The Balaban J connectivity index is 1.18. The van der Waals surface area contributed by atoms with Crippen molar-refractivity contribution in [3.63, 3.8) is 0 Å². The average molecular weight is 448 g/mol. The van der Waals surface area contributed by atoms with Crippen molar-refractivity contribution in [1.82, 2.24) is 25.4 Å². The van der Waals surface area contributed by atoms with Crippen LogP contribution >= 0.6 is 0 Å². The second-order valence-electron chi connectivity index (χ2n) is 9.21. The van der Waals surface area contributed by atoms with Gasteiger partial charge in [-0.05, 0) is 54.6 Å². The molecule has 3 aliphatic heterocycles. The zero-order valence-electron chi connectivity index (χ0n) is 18.6. The molecule has 2 unspecified atom stereocenters. The molecule has 3 aliphatic rings. The molecule has 1 aromatic carbocycles. The molecule has 1 aromatic heterocycles.